The third kappa shape index (κ3) is 5.86. The Kier molecular flexibility index (Phi) is 6.80. The fraction of sp³-hybridized carbons (Fsp3) is 0.467. The van der Waals surface area contributed by atoms with Gasteiger partial charge in [-0.25, -0.2) is 4.68 Å². The lowest BCUT2D eigenvalue weighted by molar-refractivity contribution is -0.121. The summed E-state index contributed by atoms with van der Waals surface area (Å²) < 4.78 is 7.02. The molecule has 0 spiro atoms. The van der Waals surface area contributed by atoms with Crippen LogP contribution >= 0.6 is 11.6 Å². The maximum Gasteiger partial charge on any atom is 0.241 e. The highest BCUT2D eigenvalue weighted by Gasteiger charge is 2.11. The summed E-state index contributed by atoms with van der Waals surface area (Å²) in [7, 11) is 0. The van der Waals surface area contributed by atoms with E-state index in [2.05, 4.69) is 27.8 Å². The van der Waals surface area contributed by atoms with Crippen molar-refractivity contribution in [1.29, 1.82) is 0 Å². The summed E-state index contributed by atoms with van der Waals surface area (Å²) in [6, 6.07) is 7.00. The number of hydrogen-bond acceptors (Lipinski definition) is 5. The number of carbonyl (C=O) groups excluding carboxylic acids is 1. The number of halogens is 1. The molecule has 0 aliphatic rings. The Morgan fingerprint density at radius 2 is 2.09 bits per heavy atom. The van der Waals surface area contributed by atoms with Crippen molar-refractivity contribution in [1.82, 2.24) is 25.5 Å². The molecule has 0 aliphatic heterocycles. The average Bonchev–Trinajstić information content (AvgIpc) is 2.98. The van der Waals surface area contributed by atoms with Crippen LogP contribution in [-0.4, -0.2) is 32.7 Å². The first-order chi connectivity index (χ1) is 11.2. The Hall–Kier alpha value is -2.15. The molecular weight excluding hydrogens is 318 g/mol. The standard InChI is InChI=1S/C15H20ClN5O2/c1-2-3-4-9-17-15(22)10-21-14(18-19-20-21)11-23-13-7-5-12(16)6-8-13/h5-8H,2-4,9-11H2,1H3,(H,17,22). The van der Waals surface area contributed by atoms with Gasteiger partial charge in [0, 0.05) is 11.6 Å². The van der Waals surface area contributed by atoms with Gasteiger partial charge in [-0.05, 0) is 41.1 Å². The van der Waals surface area contributed by atoms with E-state index >= 15 is 0 Å². The van der Waals surface area contributed by atoms with E-state index in [4.69, 9.17) is 16.3 Å². The fourth-order valence-electron chi connectivity index (χ4n) is 1.92. The van der Waals surface area contributed by atoms with Crippen LogP contribution in [0.1, 0.15) is 32.0 Å². The van der Waals surface area contributed by atoms with E-state index in [1.165, 1.54) is 4.68 Å². The quantitative estimate of drug-likeness (QED) is 0.709. The number of amides is 1. The summed E-state index contributed by atoms with van der Waals surface area (Å²) in [6.07, 6.45) is 3.20. The van der Waals surface area contributed by atoms with Gasteiger partial charge >= 0.3 is 0 Å². The maximum atomic E-state index is 11.9. The molecule has 2 rings (SSSR count). The predicted octanol–water partition coefficient (Wildman–Crippen LogP) is 2.21. The lowest BCUT2D eigenvalue weighted by Crippen LogP contribution is -2.29. The number of benzene rings is 1. The Balaban J connectivity index is 1.81. The van der Waals surface area contributed by atoms with E-state index in [1.54, 1.807) is 24.3 Å². The lowest BCUT2D eigenvalue weighted by atomic mass is 10.2. The van der Waals surface area contributed by atoms with Gasteiger partial charge in [0.1, 0.15) is 18.9 Å². The maximum absolute atomic E-state index is 11.9. The Morgan fingerprint density at radius 1 is 1.30 bits per heavy atom. The predicted molar refractivity (Wildman–Crippen MR) is 86.1 cm³/mol. The molecule has 1 heterocycles. The normalized spacial score (nSPS) is 10.5. The summed E-state index contributed by atoms with van der Waals surface area (Å²) >= 11 is 5.82. The fourth-order valence-corrected chi connectivity index (χ4v) is 2.05. The second-order valence-corrected chi connectivity index (χ2v) is 5.49. The first kappa shape index (κ1) is 17.2. The average molecular weight is 338 g/mol. The van der Waals surface area contributed by atoms with Crippen LogP contribution in [0.2, 0.25) is 5.02 Å². The van der Waals surface area contributed by atoms with Crippen molar-refractivity contribution in [3.8, 4) is 5.75 Å². The van der Waals surface area contributed by atoms with Gasteiger partial charge in [0.2, 0.25) is 5.91 Å². The molecule has 8 heteroatoms. The minimum atomic E-state index is -0.110. The molecule has 0 saturated carbocycles. The van der Waals surface area contributed by atoms with Crippen LogP contribution in [0.5, 0.6) is 5.75 Å². The molecule has 0 fully saturated rings. The minimum absolute atomic E-state index is 0.0818. The van der Waals surface area contributed by atoms with Gasteiger partial charge in [-0.1, -0.05) is 31.4 Å². The summed E-state index contributed by atoms with van der Waals surface area (Å²) in [5.41, 5.74) is 0. The lowest BCUT2D eigenvalue weighted by Gasteiger charge is -2.08. The summed E-state index contributed by atoms with van der Waals surface area (Å²) in [4.78, 5) is 11.9. The highest BCUT2D eigenvalue weighted by molar-refractivity contribution is 6.30. The monoisotopic (exact) mass is 337 g/mol. The summed E-state index contributed by atoms with van der Waals surface area (Å²) in [6.45, 7) is 3.05. The van der Waals surface area contributed by atoms with Crippen molar-refractivity contribution >= 4 is 17.5 Å². The van der Waals surface area contributed by atoms with Crippen LogP contribution in [0.3, 0.4) is 0 Å². The van der Waals surface area contributed by atoms with E-state index < -0.39 is 0 Å². The van der Waals surface area contributed by atoms with Crippen molar-refractivity contribution in [2.75, 3.05) is 6.54 Å². The van der Waals surface area contributed by atoms with Crippen molar-refractivity contribution in [3.05, 3.63) is 35.1 Å². The van der Waals surface area contributed by atoms with Crippen molar-refractivity contribution < 1.29 is 9.53 Å². The zero-order valence-corrected chi connectivity index (χ0v) is 13.8. The molecule has 2 aromatic rings. The van der Waals surface area contributed by atoms with Gasteiger partial charge in [-0.2, -0.15) is 0 Å². The van der Waals surface area contributed by atoms with Gasteiger partial charge in [0.25, 0.3) is 0 Å². The number of nitrogens with one attached hydrogen (secondary N) is 1. The van der Waals surface area contributed by atoms with Crippen LogP contribution in [0.15, 0.2) is 24.3 Å². The van der Waals surface area contributed by atoms with E-state index in [-0.39, 0.29) is 19.1 Å². The van der Waals surface area contributed by atoms with E-state index in [1.807, 2.05) is 0 Å². The van der Waals surface area contributed by atoms with Crippen molar-refractivity contribution in [3.63, 3.8) is 0 Å². The SMILES string of the molecule is CCCCCNC(=O)Cn1nnnc1COc1ccc(Cl)cc1. The zero-order valence-electron chi connectivity index (χ0n) is 13.0. The number of unbranched alkanes of at least 4 members (excludes halogenated alkanes) is 2. The zero-order chi connectivity index (χ0) is 16.5. The molecule has 0 bridgehead atoms. The first-order valence-electron chi connectivity index (χ1n) is 7.59. The molecule has 1 aromatic heterocycles. The molecule has 7 nitrogen and oxygen atoms in total. The largest absolute Gasteiger partial charge is 0.486 e. The molecule has 0 aliphatic carbocycles. The van der Waals surface area contributed by atoms with E-state index in [9.17, 15) is 4.79 Å². The highest BCUT2D eigenvalue weighted by atomic mass is 35.5. The van der Waals surface area contributed by atoms with Gasteiger partial charge in [0.05, 0.1) is 0 Å². The van der Waals surface area contributed by atoms with Crippen LogP contribution in [0.25, 0.3) is 0 Å². The number of ether oxygens (including phenoxy) is 1. The van der Waals surface area contributed by atoms with E-state index in [0.717, 1.165) is 19.3 Å². The molecule has 0 atom stereocenters. The molecule has 1 amide bonds. The number of rotatable bonds is 9. The van der Waals surface area contributed by atoms with Crippen LogP contribution < -0.4 is 10.1 Å². The highest BCUT2D eigenvalue weighted by Crippen LogP contribution is 2.16. The van der Waals surface area contributed by atoms with Crippen LogP contribution in [-0.2, 0) is 17.9 Å². The molecule has 124 valence electrons. The van der Waals surface area contributed by atoms with Crippen LogP contribution in [0.4, 0.5) is 0 Å². The number of carbonyl (C=O) groups is 1. The summed E-state index contributed by atoms with van der Waals surface area (Å²) in [5, 5.41) is 14.8. The smallest absolute Gasteiger partial charge is 0.241 e. The number of hydrogen-bond donors (Lipinski definition) is 1. The first-order valence-corrected chi connectivity index (χ1v) is 7.97. The molecule has 1 N–H and O–H groups in total. The molecule has 0 radical (unpaired) electrons. The third-order valence-corrected chi connectivity index (χ3v) is 3.44. The van der Waals surface area contributed by atoms with Crippen molar-refractivity contribution in [2.24, 2.45) is 0 Å². The summed E-state index contributed by atoms with van der Waals surface area (Å²) in [5.74, 6) is 1.04. The number of tetrazole rings is 1. The molecule has 0 saturated heterocycles. The molecular formula is C15H20ClN5O2. The van der Waals surface area contributed by atoms with Gasteiger partial charge in [-0.15, -0.1) is 5.10 Å². The number of nitrogens with zero attached hydrogens (tertiary/aromatic N) is 4. The second kappa shape index (κ2) is 9.09. The topological polar surface area (TPSA) is 81.9 Å². The minimum Gasteiger partial charge on any atom is -0.486 e. The van der Waals surface area contributed by atoms with E-state index in [0.29, 0.717) is 23.1 Å². The third-order valence-electron chi connectivity index (χ3n) is 3.18. The van der Waals surface area contributed by atoms with Gasteiger partial charge in [0.15, 0.2) is 5.82 Å². The van der Waals surface area contributed by atoms with Crippen LogP contribution in [0, 0.1) is 0 Å². The van der Waals surface area contributed by atoms with Crippen molar-refractivity contribution in [2.45, 2.75) is 39.3 Å². The van der Waals surface area contributed by atoms with Gasteiger partial charge in [-0.3, -0.25) is 4.79 Å². The Morgan fingerprint density at radius 3 is 2.83 bits per heavy atom. The van der Waals surface area contributed by atoms with Gasteiger partial charge < -0.3 is 10.1 Å². The Labute approximate surface area is 140 Å². The molecule has 23 heavy (non-hydrogen) atoms. The molecule has 1 aromatic carbocycles. The Bertz CT molecular complexity index is 615. The number of aromatic nitrogens is 4. The molecule has 0 unspecified atom stereocenters. The second-order valence-electron chi connectivity index (χ2n) is 5.05.